The average molecular weight is 399 g/mol. The van der Waals surface area contributed by atoms with E-state index < -0.39 is 9.84 Å². The number of hydrogen-bond acceptors (Lipinski definition) is 6. The Kier molecular flexibility index (Phi) is 4.86. The number of imidazole rings is 1. The summed E-state index contributed by atoms with van der Waals surface area (Å²) in [7, 11) is -3.54. The van der Waals surface area contributed by atoms with Gasteiger partial charge in [-0.15, -0.1) is 0 Å². The molecule has 4 rings (SSSR count). The number of H-pyrrole nitrogens is 1. The highest BCUT2D eigenvalue weighted by molar-refractivity contribution is 7.90. The molecule has 1 aromatic carbocycles. The van der Waals surface area contributed by atoms with Crippen molar-refractivity contribution >= 4 is 9.84 Å². The zero-order valence-corrected chi connectivity index (χ0v) is 16.3. The van der Waals surface area contributed by atoms with Gasteiger partial charge in [0.15, 0.2) is 0 Å². The number of benzene rings is 1. The van der Waals surface area contributed by atoms with E-state index in [1.807, 2.05) is 30.7 Å². The van der Waals surface area contributed by atoms with Crippen LogP contribution < -0.4 is 5.56 Å². The summed E-state index contributed by atoms with van der Waals surface area (Å²) in [5.74, 6) is 0. The smallest absolute Gasteiger partial charge is 0.256 e. The van der Waals surface area contributed by atoms with Gasteiger partial charge in [0.1, 0.15) is 0 Å². The van der Waals surface area contributed by atoms with Crippen molar-refractivity contribution in [2.24, 2.45) is 0 Å². The minimum absolute atomic E-state index is 0.259. The second-order valence-electron chi connectivity index (χ2n) is 7.03. The van der Waals surface area contributed by atoms with Crippen LogP contribution >= 0.6 is 0 Å². The van der Waals surface area contributed by atoms with Gasteiger partial charge < -0.3 is 4.57 Å². The fourth-order valence-corrected chi connectivity index (χ4v) is 3.95. The average Bonchev–Trinajstić information content (AvgIpc) is 3.09. The molecule has 0 saturated heterocycles. The normalized spacial score (nSPS) is 14.8. The summed E-state index contributed by atoms with van der Waals surface area (Å²) in [6.45, 7) is 2.52. The highest BCUT2D eigenvalue weighted by atomic mass is 32.2. The van der Waals surface area contributed by atoms with Gasteiger partial charge in [-0.2, -0.15) is 0 Å². The van der Waals surface area contributed by atoms with Crippen molar-refractivity contribution in [1.82, 2.24) is 24.4 Å². The fraction of sp³-hybridized carbons (Fsp3) is 0.316. The van der Waals surface area contributed by atoms with E-state index in [9.17, 15) is 13.2 Å². The van der Waals surface area contributed by atoms with E-state index in [0.717, 1.165) is 18.5 Å². The van der Waals surface area contributed by atoms with Crippen LogP contribution in [0.3, 0.4) is 0 Å². The Bertz CT molecular complexity index is 1150. The van der Waals surface area contributed by atoms with Crippen LogP contribution in [-0.4, -0.2) is 45.6 Å². The highest BCUT2D eigenvalue weighted by Gasteiger charge is 2.24. The number of nitrogens with one attached hydrogen (secondary N) is 1. The second-order valence-corrected chi connectivity index (χ2v) is 8.96. The summed E-state index contributed by atoms with van der Waals surface area (Å²) in [5, 5.41) is -0.259. The summed E-state index contributed by atoms with van der Waals surface area (Å²) in [4.78, 5) is 25.4. The van der Waals surface area contributed by atoms with Crippen molar-refractivity contribution in [3.63, 3.8) is 0 Å². The molecule has 0 unspecified atom stereocenters. The molecule has 1 N–H and O–H groups in total. The van der Waals surface area contributed by atoms with Gasteiger partial charge in [-0.3, -0.25) is 14.7 Å². The molecule has 146 valence electrons. The van der Waals surface area contributed by atoms with E-state index in [2.05, 4.69) is 36.6 Å². The Morgan fingerprint density at radius 2 is 1.96 bits per heavy atom. The van der Waals surface area contributed by atoms with E-state index >= 15 is 0 Å². The molecule has 28 heavy (non-hydrogen) atoms. The summed E-state index contributed by atoms with van der Waals surface area (Å²) >= 11 is 0. The van der Waals surface area contributed by atoms with Crippen molar-refractivity contribution in [3.05, 3.63) is 75.7 Å². The molecule has 8 nitrogen and oxygen atoms in total. The predicted octanol–water partition coefficient (Wildman–Crippen LogP) is 0.976. The predicted molar refractivity (Wildman–Crippen MR) is 104 cm³/mol. The van der Waals surface area contributed by atoms with Gasteiger partial charge in [0.2, 0.25) is 15.0 Å². The zero-order valence-electron chi connectivity index (χ0n) is 15.5. The lowest BCUT2D eigenvalue weighted by atomic mass is 10.1. The Balaban J connectivity index is 1.52. The lowest BCUT2D eigenvalue weighted by molar-refractivity contribution is 0.235. The van der Waals surface area contributed by atoms with E-state index in [0.29, 0.717) is 37.3 Å². The largest absolute Gasteiger partial charge is 0.329 e. The number of sulfone groups is 1. The third-order valence-corrected chi connectivity index (χ3v) is 5.75. The molecule has 0 saturated carbocycles. The van der Waals surface area contributed by atoms with Gasteiger partial charge in [0.05, 0.1) is 23.3 Å². The monoisotopic (exact) mass is 399 g/mol. The van der Waals surface area contributed by atoms with Gasteiger partial charge in [-0.1, -0.05) is 30.3 Å². The minimum atomic E-state index is -3.54. The maximum Gasteiger partial charge on any atom is 0.256 e. The van der Waals surface area contributed by atoms with Crippen LogP contribution in [0.2, 0.25) is 0 Å². The Morgan fingerprint density at radius 1 is 1.18 bits per heavy atom. The summed E-state index contributed by atoms with van der Waals surface area (Å²) in [6, 6.07) is 10.2. The van der Waals surface area contributed by atoms with Crippen molar-refractivity contribution < 1.29 is 8.42 Å². The van der Waals surface area contributed by atoms with Gasteiger partial charge in [0.25, 0.3) is 5.56 Å². The summed E-state index contributed by atoms with van der Waals surface area (Å²) in [6.07, 6.45) is 5.23. The van der Waals surface area contributed by atoms with Crippen molar-refractivity contribution in [3.8, 4) is 0 Å². The fourth-order valence-electron chi connectivity index (χ4n) is 3.40. The van der Waals surface area contributed by atoms with Gasteiger partial charge in [-0.05, 0) is 5.56 Å². The second kappa shape index (κ2) is 7.33. The number of nitrogens with zero attached hydrogens (tertiary/aromatic N) is 4. The molecule has 3 aromatic rings. The van der Waals surface area contributed by atoms with E-state index in [1.165, 1.54) is 5.56 Å². The first-order valence-electron chi connectivity index (χ1n) is 8.97. The highest BCUT2D eigenvalue weighted by Crippen LogP contribution is 2.18. The SMILES string of the molecule is CS(=O)(=O)c1nc2c(c(=O)[nH]1)CN(Cc1cncn1Cc1ccccc1)CC2. The molecular formula is C19H21N5O3S. The molecule has 0 bridgehead atoms. The summed E-state index contributed by atoms with van der Waals surface area (Å²) < 4.78 is 25.5. The number of fused-ring (bicyclic) bond motifs is 1. The van der Waals surface area contributed by atoms with Crippen molar-refractivity contribution in [1.29, 1.82) is 0 Å². The Morgan fingerprint density at radius 3 is 2.71 bits per heavy atom. The van der Waals surface area contributed by atoms with Gasteiger partial charge in [-0.25, -0.2) is 18.4 Å². The molecule has 1 aliphatic rings. The standard InChI is InChI=1S/C19H21N5O3S/c1-28(26,27)19-21-17-7-8-23(12-16(17)18(25)22-19)11-15-9-20-13-24(15)10-14-5-3-2-4-6-14/h2-6,9,13H,7-8,10-12H2,1H3,(H,21,22,25). The molecule has 0 atom stereocenters. The van der Waals surface area contributed by atoms with E-state index in [-0.39, 0.29) is 10.7 Å². The van der Waals surface area contributed by atoms with Crippen LogP contribution in [-0.2, 0) is 35.9 Å². The lowest BCUT2D eigenvalue weighted by Crippen LogP contribution is -2.36. The van der Waals surface area contributed by atoms with E-state index in [1.54, 1.807) is 0 Å². The first kappa shape index (κ1) is 18.6. The molecule has 3 heterocycles. The third kappa shape index (κ3) is 3.90. The number of rotatable bonds is 5. The maximum atomic E-state index is 12.4. The Hall–Kier alpha value is -2.78. The van der Waals surface area contributed by atoms with Gasteiger partial charge in [0, 0.05) is 45.1 Å². The maximum absolute atomic E-state index is 12.4. The molecular weight excluding hydrogens is 378 g/mol. The molecule has 2 aromatic heterocycles. The van der Waals surface area contributed by atoms with Crippen LogP contribution in [0.4, 0.5) is 0 Å². The topological polar surface area (TPSA) is 101 Å². The zero-order chi connectivity index (χ0) is 19.7. The van der Waals surface area contributed by atoms with Crippen LogP contribution in [0, 0.1) is 0 Å². The number of hydrogen-bond donors (Lipinski definition) is 1. The third-order valence-electron chi connectivity index (χ3n) is 4.86. The van der Waals surface area contributed by atoms with Crippen LogP contribution in [0.5, 0.6) is 0 Å². The lowest BCUT2D eigenvalue weighted by Gasteiger charge is -2.27. The quantitative estimate of drug-likeness (QED) is 0.642. The molecule has 0 fully saturated rings. The first-order chi connectivity index (χ1) is 13.4. The molecule has 0 amide bonds. The first-order valence-corrected chi connectivity index (χ1v) is 10.9. The van der Waals surface area contributed by atoms with Crippen LogP contribution in [0.15, 0.2) is 52.8 Å². The van der Waals surface area contributed by atoms with Gasteiger partial charge >= 0.3 is 0 Å². The number of aromatic amines is 1. The molecule has 0 radical (unpaired) electrons. The molecule has 0 spiro atoms. The Labute approximate surface area is 162 Å². The van der Waals surface area contributed by atoms with Crippen molar-refractivity contribution in [2.75, 3.05) is 12.8 Å². The molecule has 9 heteroatoms. The molecule has 1 aliphatic heterocycles. The van der Waals surface area contributed by atoms with Crippen LogP contribution in [0.1, 0.15) is 22.5 Å². The number of aromatic nitrogens is 4. The van der Waals surface area contributed by atoms with E-state index in [4.69, 9.17) is 0 Å². The van der Waals surface area contributed by atoms with Crippen LogP contribution in [0.25, 0.3) is 0 Å². The van der Waals surface area contributed by atoms with Crippen molar-refractivity contribution in [2.45, 2.75) is 31.2 Å². The minimum Gasteiger partial charge on any atom is -0.329 e. The molecule has 0 aliphatic carbocycles. The summed E-state index contributed by atoms with van der Waals surface area (Å²) in [5.41, 5.74) is 2.98.